The molecular weight excluding hydrogens is 302 g/mol. The first-order valence-corrected chi connectivity index (χ1v) is 7.41. The van der Waals surface area contributed by atoms with Gasteiger partial charge in [0.15, 0.2) is 0 Å². The predicted molar refractivity (Wildman–Crippen MR) is 83.5 cm³/mol. The molecule has 0 bridgehead atoms. The van der Waals surface area contributed by atoms with Gasteiger partial charge in [-0.2, -0.15) is 5.10 Å². The normalized spacial score (nSPS) is 10.7. The van der Waals surface area contributed by atoms with Crippen LogP contribution in [0.4, 0.5) is 5.69 Å². The highest BCUT2D eigenvalue weighted by atomic mass is 79.9. The van der Waals surface area contributed by atoms with E-state index in [9.17, 15) is 0 Å². The maximum atomic E-state index is 4.34. The predicted octanol–water partition coefficient (Wildman–Crippen LogP) is 4.28. The smallest absolute Gasteiger partial charge is 0.0539 e. The number of benzene rings is 1. The fourth-order valence-corrected chi connectivity index (χ4v) is 2.99. The van der Waals surface area contributed by atoms with E-state index in [0.29, 0.717) is 0 Å². The summed E-state index contributed by atoms with van der Waals surface area (Å²) in [6.07, 6.45) is 5.14. The van der Waals surface area contributed by atoms with Crippen molar-refractivity contribution in [3.05, 3.63) is 45.7 Å². The summed E-state index contributed by atoms with van der Waals surface area (Å²) in [5.74, 6) is 0. The highest BCUT2D eigenvalue weighted by Crippen LogP contribution is 2.28. The molecule has 0 saturated carbocycles. The van der Waals surface area contributed by atoms with Crippen LogP contribution in [0.25, 0.3) is 0 Å². The average molecular weight is 322 g/mol. The molecule has 0 aliphatic carbocycles. The van der Waals surface area contributed by atoms with Gasteiger partial charge < -0.3 is 5.32 Å². The molecule has 4 heteroatoms. The van der Waals surface area contributed by atoms with Gasteiger partial charge in [-0.3, -0.25) is 4.68 Å². The van der Waals surface area contributed by atoms with E-state index in [1.54, 1.807) is 0 Å². The largest absolute Gasteiger partial charge is 0.380 e. The fraction of sp³-hybridized carbons (Fsp3) is 0.400. The van der Waals surface area contributed by atoms with Gasteiger partial charge in [0.05, 0.1) is 11.9 Å². The first kappa shape index (κ1) is 14.1. The van der Waals surface area contributed by atoms with E-state index < -0.39 is 0 Å². The zero-order chi connectivity index (χ0) is 13.8. The Labute approximate surface area is 123 Å². The van der Waals surface area contributed by atoms with Crippen LogP contribution in [0.1, 0.15) is 30.0 Å². The van der Waals surface area contributed by atoms with Crippen molar-refractivity contribution in [1.82, 2.24) is 9.78 Å². The Balaban J connectivity index is 2.05. The maximum Gasteiger partial charge on any atom is 0.0539 e. The van der Waals surface area contributed by atoms with Crippen molar-refractivity contribution >= 4 is 21.6 Å². The van der Waals surface area contributed by atoms with Gasteiger partial charge in [0, 0.05) is 29.3 Å². The molecule has 0 fully saturated rings. The zero-order valence-electron chi connectivity index (χ0n) is 11.7. The Morgan fingerprint density at radius 1 is 1.32 bits per heavy atom. The van der Waals surface area contributed by atoms with Gasteiger partial charge in [-0.25, -0.2) is 0 Å². The summed E-state index contributed by atoms with van der Waals surface area (Å²) >= 11 is 3.62. The third kappa shape index (κ3) is 3.60. The number of halogens is 1. The van der Waals surface area contributed by atoms with Crippen molar-refractivity contribution in [1.29, 1.82) is 0 Å². The highest BCUT2D eigenvalue weighted by Gasteiger charge is 2.05. The second-order valence-corrected chi connectivity index (χ2v) is 5.76. The molecule has 102 valence electrons. The molecule has 0 unspecified atom stereocenters. The highest BCUT2D eigenvalue weighted by molar-refractivity contribution is 9.10. The van der Waals surface area contributed by atoms with Crippen LogP contribution in [0.5, 0.6) is 0 Å². The van der Waals surface area contributed by atoms with Crippen LogP contribution in [0, 0.1) is 13.8 Å². The summed E-state index contributed by atoms with van der Waals surface area (Å²) in [7, 11) is 0. The van der Waals surface area contributed by atoms with Crippen molar-refractivity contribution in [2.24, 2.45) is 0 Å². The maximum absolute atomic E-state index is 4.34. The van der Waals surface area contributed by atoms with E-state index in [4.69, 9.17) is 0 Å². The van der Waals surface area contributed by atoms with Gasteiger partial charge in [0.25, 0.3) is 0 Å². The Morgan fingerprint density at radius 3 is 2.79 bits per heavy atom. The SMILES string of the molecule is CCCn1cc(CNc2c(C)cc(C)cc2Br)cn1. The van der Waals surface area contributed by atoms with Crippen LogP contribution in [-0.4, -0.2) is 9.78 Å². The molecule has 0 amide bonds. The third-order valence-corrected chi connectivity index (χ3v) is 3.67. The molecule has 0 aliphatic heterocycles. The fourth-order valence-electron chi connectivity index (χ4n) is 2.18. The van der Waals surface area contributed by atoms with Gasteiger partial charge in [-0.05, 0) is 53.4 Å². The summed E-state index contributed by atoms with van der Waals surface area (Å²) in [4.78, 5) is 0. The minimum absolute atomic E-state index is 0.798. The van der Waals surface area contributed by atoms with Crippen molar-refractivity contribution in [2.45, 2.75) is 40.3 Å². The van der Waals surface area contributed by atoms with Crippen molar-refractivity contribution in [2.75, 3.05) is 5.32 Å². The van der Waals surface area contributed by atoms with E-state index in [2.05, 4.69) is 65.4 Å². The number of rotatable bonds is 5. The number of aromatic nitrogens is 2. The molecular formula is C15H20BrN3. The molecule has 1 aromatic carbocycles. The summed E-state index contributed by atoms with van der Waals surface area (Å²) in [5, 5.41) is 7.82. The third-order valence-electron chi connectivity index (χ3n) is 3.04. The van der Waals surface area contributed by atoms with E-state index in [1.165, 1.54) is 16.7 Å². The molecule has 2 aromatic rings. The lowest BCUT2D eigenvalue weighted by Crippen LogP contribution is -2.02. The van der Waals surface area contributed by atoms with Gasteiger partial charge in [-0.15, -0.1) is 0 Å². The lowest BCUT2D eigenvalue weighted by Gasteiger charge is -2.12. The van der Waals surface area contributed by atoms with Gasteiger partial charge in [0.1, 0.15) is 0 Å². The van der Waals surface area contributed by atoms with E-state index in [0.717, 1.165) is 29.7 Å². The quantitative estimate of drug-likeness (QED) is 0.890. The van der Waals surface area contributed by atoms with Crippen molar-refractivity contribution < 1.29 is 0 Å². The Bertz CT molecular complexity index is 537. The average Bonchev–Trinajstić information content (AvgIpc) is 2.76. The molecule has 1 N–H and O–H groups in total. The summed E-state index contributed by atoms with van der Waals surface area (Å²) < 4.78 is 3.11. The first-order valence-electron chi connectivity index (χ1n) is 6.62. The molecule has 1 aromatic heterocycles. The molecule has 2 rings (SSSR count). The van der Waals surface area contributed by atoms with E-state index in [-0.39, 0.29) is 0 Å². The van der Waals surface area contributed by atoms with Gasteiger partial charge in [-0.1, -0.05) is 13.0 Å². The van der Waals surface area contributed by atoms with Crippen LogP contribution < -0.4 is 5.32 Å². The molecule has 0 spiro atoms. The standard InChI is InChI=1S/C15H20BrN3/c1-4-5-19-10-13(9-18-19)8-17-15-12(3)6-11(2)7-14(15)16/h6-7,9-10,17H,4-5,8H2,1-3H3. The summed E-state index contributed by atoms with van der Waals surface area (Å²) in [6.45, 7) is 8.17. The topological polar surface area (TPSA) is 29.9 Å². The van der Waals surface area contributed by atoms with Crippen LogP contribution >= 0.6 is 15.9 Å². The number of hydrogen-bond donors (Lipinski definition) is 1. The van der Waals surface area contributed by atoms with Crippen molar-refractivity contribution in [3.63, 3.8) is 0 Å². The Morgan fingerprint density at radius 2 is 2.11 bits per heavy atom. The van der Waals surface area contributed by atoms with Gasteiger partial charge >= 0.3 is 0 Å². The zero-order valence-corrected chi connectivity index (χ0v) is 13.3. The molecule has 1 heterocycles. The minimum Gasteiger partial charge on any atom is -0.380 e. The number of hydrogen-bond acceptors (Lipinski definition) is 2. The lowest BCUT2D eigenvalue weighted by atomic mass is 10.1. The monoisotopic (exact) mass is 321 g/mol. The minimum atomic E-state index is 0.798. The summed E-state index contributed by atoms with van der Waals surface area (Å²) in [5.41, 5.74) is 4.90. The number of aryl methyl sites for hydroxylation is 3. The summed E-state index contributed by atoms with van der Waals surface area (Å²) in [6, 6.07) is 4.32. The molecule has 19 heavy (non-hydrogen) atoms. The van der Waals surface area contributed by atoms with E-state index >= 15 is 0 Å². The first-order chi connectivity index (χ1) is 9.10. The lowest BCUT2D eigenvalue weighted by molar-refractivity contribution is 0.602. The Kier molecular flexibility index (Phi) is 4.64. The number of anilines is 1. The van der Waals surface area contributed by atoms with Crippen molar-refractivity contribution in [3.8, 4) is 0 Å². The molecule has 0 radical (unpaired) electrons. The molecule has 0 aliphatic rings. The second-order valence-electron chi connectivity index (χ2n) is 4.90. The molecule has 0 atom stereocenters. The van der Waals surface area contributed by atoms with Crippen LogP contribution in [0.15, 0.2) is 29.0 Å². The second kappa shape index (κ2) is 6.24. The van der Waals surface area contributed by atoms with Crippen LogP contribution in [0.2, 0.25) is 0 Å². The number of nitrogens with one attached hydrogen (secondary N) is 1. The van der Waals surface area contributed by atoms with Crippen LogP contribution in [-0.2, 0) is 13.1 Å². The van der Waals surface area contributed by atoms with Crippen LogP contribution in [0.3, 0.4) is 0 Å². The number of nitrogens with zero attached hydrogens (tertiary/aromatic N) is 2. The Hall–Kier alpha value is -1.29. The van der Waals surface area contributed by atoms with E-state index in [1.807, 2.05) is 10.9 Å². The molecule has 3 nitrogen and oxygen atoms in total. The van der Waals surface area contributed by atoms with Gasteiger partial charge in [0.2, 0.25) is 0 Å². The molecule has 0 saturated heterocycles.